The van der Waals surface area contributed by atoms with Gasteiger partial charge >= 0.3 is 6.18 Å². The lowest BCUT2D eigenvalue weighted by Crippen LogP contribution is -2.49. The molecular formula is C28H38F3N3O2. The van der Waals surface area contributed by atoms with E-state index in [4.69, 9.17) is 4.74 Å². The molecule has 0 saturated carbocycles. The number of rotatable bonds is 7. The molecule has 1 aliphatic heterocycles. The third kappa shape index (κ3) is 7.01. The van der Waals surface area contributed by atoms with E-state index in [-0.39, 0.29) is 23.1 Å². The molecule has 1 amide bonds. The van der Waals surface area contributed by atoms with Gasteiger partial charge in [0.2, 0.25) is 0 Å². The molecule has 1 saturated heterocycles. The molecule has 0 aromatic heterocycles. The molecule has 36 heavy (non-hydrogen) atoms. The van der Waals surface area contributed by atoms with Crippen LogP contribution in [0.25, 0.3) is 0 Å². The maximum atomic E-state index is 12.8. The van der Waals surface area contributed by atoms with Gasteiger partial charge in [-0.05, 0) is 88.6 Å². The van der Waals surface area contributed by atoms with Crippen LogP contribution >= 0.6 is 0 Å². The van der Waals surface area contributed by atoms with Crippen LogP contribution in [-0.4, -0.2) is 60.6 Å². The van der Waals surface area contributed by atoms with Crippen molar-refractivity contribution < 1.29 is 22.7 Å². The van der Waals surface area contributed by atoms with E-state index in [2.05, 4.69) is 57.8 Å². The fourth-order valence-electron chi connectivity index (χ4n) is 4.51. The number of carbonyl (C=O) groups excluding carboxylic acids is 1. The molecule has 2 aromatic carbocycles. The summed E-state index contributed by atoms with van der Waals surface area (Å²) in [7, 11) is 0. The summed E-state index contributed by atoms with van der Waals surface area (Å²) < 4.78 is 44.4. The highest BCUT2D eigenvalue weighted by molar-refractivity contribution is 5.94. The average Bonchev–Trinajstić information content (AvgIpc) is 2.82. The summed E-state index contributed by atoms with van der Waals surface area (Å²) in [6.07, 6.45) is -4.41. The Hall–Kier alpha value is -2.58. The summed E-state index contributed by atoms with van der Waals surface area (Å²) >= 11 is 0. The molecule has 0 aliphatic carbocycles. The molecule has 198 valence electrons. The van der Waals surface area contributed by atoms with Crippen LogP contribution in [0.4, 0.5) is 13.2 Å². The first-order chi connectivity index (χ1) is 16.8. The number of amides is 1. The summed E-state index contributed by atoms with van der Waals surface area (Å²) in [5.74, 6) is 0.664. The number of nitrogens with one attached hydrogen (secondary N) is 1. The zero-order valence-corrected chi connectivity index (χ0v) is 22.1. The maximum Gasteiger partial charge on any atom is 0.416 e. The number of hydrogen-bond donors (Lipinski definition) is 1. The molecule has 5 nitrogen and oxygen atoms in total. The van der Waals surface area contributed by atoms with Gasteiger partial charge in [-0.2, -0.15) is 13.2 Å². The number of carbonyl (C=O) groups is 1. The summed E-state index contributed by atoms with van der Waals surface area (Å²) in [6.45, 7) is 16.6. The summed E-state index contributed by atoms with van der Waals surface area (Å²) in [5.41, 5.74) is 3.15. The Bertz CT molecular complexity index is 1040. The Balaban J connectivity index is 1.57. The highest BCUT2D eigenvalue weighted by atomic mass is 19.4. The van der Waals surface area contributed by atoms with Crippen LogP contribution in [0.2, 0.25) is 0 Å². The van der Waals surface area contributed by atoms with Crippen LogP contribution in [0, 0.1) is 13.8 Å². The van der Waals surface area contributed by atoms with Crippen molar-refractivity contribution >= 4 is 5.91 Å². The minimum atomic E-state index is -4.41. The molecule has 1 N–H and O–H groups in total. The molecule has 1 fully saturated rings. The predicted octanol–water partition coefficient (Wildman–Crippen LogP) is 5.61. The van der Waals surface area contributed by atoms with Crippen molar-refractivity contribution in [1.29, 1.82) is 0 Å². The van der Waals surface area contributed by atoms with E-state index >= 15 is 0 Å². The third-order valence-corrected chi connectivity index (χ3v) is 6.85. The van der Waals surface area contributed by atoms with E-state index < -0.39 is 11.7 Å². The molecule has 2 aromatic rings. The summed E-state index contributed by atoms with van der Waals surface area (Å²) in [6, 6.07) is 8.78. The molecule has 1 unspecified atom stereocenters. The second kappa shape index (κ2) is 11.2. The molecule has 0 radical (unpaired) electrons. The minimum absolute atomic E-state index is 0.0555. The van der Waals surface area contributed by atoms with Gasteiger partial charge in [-0.25, -0.2) is 0 Å². The van der Waals surface area contributed by atoms with Crippen molar-refractivity contribution in [2.75, 3.05) is 39.3 Å². The number of benzene rings is 2. The van der Waals surface area contributed by atoms with E-state index in [1.54, 1.807) is 4.90 Å². The van der Waals surface area contributed by atoms with Crippen LogP contribution in [0.3, 0.4) is 0 Å². The standard InChI is InChI=1S/C28H38F3N3O2/c1-19-20(2)25(36-18-13-32-27(4,5)6)12-11-24(19)21(3)33-14-16-34(17-15-33)26(35)22-7-9-23(10-8-22)28(29,30)31/h7-12,21,32H,13-18H2,1-6H3. The molecule has 1 aliphatic rings. The van der Waals surface area contributed by atoms with Gasteiger partial charge < -0.3 is 15.0 Å². The van der Waals surface area contributed by atoms with Crippen molar-refractivity contribution in [2.45, 2.75) is 59.3 Å². The molecule has 1 heterocycles. The van der Waals surface area contributed by atoms with Crippen LogP contribution in [-0.2, 0) is 6.18 Å². The fraction of sp³-hybridized carbons (Fsp3) is 0.536. The fourth-order valence-corrected chi connectivity index (χ4v) is 4.51. The van der Waals surface area contributed by atoms with Crippen LogP contribution in [0.15, 0.2) is 36.4 Å². The van der Waals surface area contributed by atoms with Gasteiger partial charge in [0.25, 0.3) is 5.91 Å². The highest BCUT2D eigenvalue weighted by Crippen LogP contribution is 2.32. The van der Waals surface area contributed by atoms with E-state index in [9.17, 15) is 18.0 Å². The van der Waals surface area contributed by atoms with E-state index in [1.165, 1.54) is 23.3 Å². The number of piperazine rings is 1. The third-order valence-electron chi connectivity index (χ3n) is 6.85. The molecular weight excluding hydrogens is 467 g/mol. The van der Waals surface area contributed by atoms with Gasteiger partial charge in [0, 0.05) is 49.9 Å². The molecule has 1 atom stereocenters. The summed E-state index contributed by atoms with van der Waals surface area (Å²) in [5, 5.41) is 3.42. The van der Waals surface area contributed by atoms with Crippen molar-refractivity contribution in [3.63, 3.8) is 0 Å². The second-order valence-corrected chi connectivity index (χ2v) is 10.5. The van der Waals surface area contributed by atoms with Crippen LogP contribution in [0.5, 0.6) is 5.75 Å². The first kappa shape index (κ1) is 28.0. The predicted molar refractivity (Wildman–Crippen MR) is 137 cm³/mol. The number of hydrogen-bond acceptors (Lipinski definition) is 4. The normalized spacial score (nSPS) is 16.2. The lowest BCUT2D eigenvalue weighted by atomic mass is 9.96. The van der Waals surface area contributed by atoms with Gasteiger partial charge in [-0.3, -0.25) is 9.69 Å². The first-order valence-electron chi connectivity index (χ1n) is 12.5. The van der Waals surface area contributed by atoms with Gasteiger partial charge in [0.1, 0.15) is 12.4 Å². The second-order valence-electron chi connectivity index (χ2n) is 10.5. The van der Waals surface area contributed by atoms with Gasteiger partial charge in [0.15, 0.2) is 0 Å². The Morgan fingerprint density at radius 2 is 1.58 bits per heavy atom. The maximum absolute atomic E-state index is 12.8. The van der Waals surface area contributed by atoms with Crippen LogP contribution in [0.1, 0.15) is 66.3 Å². The van der Waals surface area contributed by atoms with Crippen molar-refractivity contribution in [3.05, 3.63) is 64.2 Å². The SMILES string of the molecule is Cc1c(OCCNC(C)(C)C)ccc(C(C)N2CCN(C(=O)c3ccc(C(F)(F)F)cc3)CC2)c1C. The van der Waals surface area contributed by atoms with Gasteiger partial charge in [-0.15, -0.1) is 0 Å². The molecule has 8 heteroatoms. The monoisotopic (exact) mass is 505 g/mol. The van der Waals surface area contributed by atoms with Gasteiger partial charge in [0.05, 0.1) is 5.56 Å². The molecule has 0 spiro atoms. The Labute approximate surface area is 212 Å². The van der Waals surface area contributed by atoms with Crippen molar-refractivity contribution in [1.82, 2.24) is 15.1 Å². The largest absolute Gasteiger partial charge is 0.492 e. The van der Waals surface area contributed by atoms with Gasteiger partial charge in [-0.1, -0.05) is 6.07 Å². The Morgan fingerprint density at radius 3 is 2.14 bits per heavy atom. The molecule has 0 bridgehead atoms. The van der Waals surface area contributed by atoms with E-state index in [1.807, 2.05) is 6.07 Å². The average molecular weight is 506 g/mol. The Morgan fingerprint density at radius 1 is 0.972 bits per heavy atom. The zero-order valence-electron chi connectivity index (χ0n) is 22.1. The quantitative estimate of drug-likeness (QED) is 0.497. The number of halogens is 3. The van der Waals surface area contributed by atoms with Crippen LogP contribution < -0.4 is 10.1 Å². The van der Waals surface area contributed by atoms with Crippen molar-refractivity contribution in [2.24, 2.45) is 0 Å². The first-order valence-corrected chi connectivity index (χ1v) is 12.5. The number of alkyl halides is 3. The smallest absolute Gasteiger partial charge is 0.416 e. The molecule has 3 rings (SSSR count). The highest BCUT2D eigenvalue weighted by Gasteiger charge is 2.31. The van der Waals surface area contributed by atoms with E-state index in [0.29, 0.717) is 32.8 Å². The zero-order chi connectivity index (χ0) is 26.7. The summed E-state index contributed by atoms with van der Waals surface area (Å²) in [4.78, 5) is 16.9. The van der Waals surface area contributed by atoms with E-state index in [0.717, 1.165) is 30.0 Å². The number of ether oxygens (including phenoxy) is 1. The lowest BCUT2D eigenvalue weighted by Gasteiger charge is -2.39. The number of nitrogens with zero attached hydrogens (tertiary/aromatic N) is 2. The van der Waals surface area contributed by atoms with Crippen molar-refractivity contribution in [3.8, 4) is 5.75 Å². The topological polar surface area (TPSA) is 44.8 Å². The minimum Gasteiger partial charge on any atom is -0.492 e. The lowest BCUT2D eigenvalue weighted by molar-refractivity contribution is -0.137. The Kier molecular flexibility index (Phi) is 8.72.